The number of halogens is 1. The van der Waals surface area contributed by atoms with E-state index in [1.807, 2.05) is 0 Å². The Hall–Kier alpha value is -2.69. The largest absolute Gasteiger partial charge is 0.507 e. The second-order valence-corrected chi connectivity index (χ2v) is 3.77. The van der Waals surface area contributed by atoms with E-state index in [4.69, 9.17) is 0 Å². The number of benzene rings is 2. The van der Waals surface area contributed by atoms with E-state index in [0.717, 1.165) is 6.07 Å². The molecule has 0 saturated heterocycles. The van der Waals surface area contributed by atoms with Gasteiger partial charge < -0.3 is 5.11 Å². The molecule has 0 aliphatic heterocycles. The first-order valence-corrected chi connectivity index (χ1v) is 5.54. The third kappa shape index (κ3) is 3.38. The number of nitrogens with one attached hydrogen (secondary N) is 1. The Morgan fingerprint density at radius 1 is 1.21 bits per heavy atom. The lowest BCUT2D eigenvalue weighted by atomic mass is 10.2. The number of phenols is 1. The molecule has 2 rings (SSSR count). The number of hydrogen-bond acceptors (Lipinski definition) is 3. The van der Waals surface area contributed by atoms with Gasteiger partial charge in [0.15, 0.2) is 0 Å². The monoisotopic (exact) mass is 258 g/mol. The molecule has 1 amide bonds. The minimum atomic E-state index is -0.522. The number of hydrogen-bond donors (Lipinski definition) is 2. The highest BCUT2D eigenvalue weighted by molar-refractivity contribution is 5.95. The van der Waals surface area contributed by atoms with Crippen LogP contribution in [0.2, 0.25) is 0 Å². The zero-order chi connectivity index (χ0) is 13.7. The number of amides is 1. The van der Waals surface area contributed by atoms with E-state index in [2.05, 4.69) is 10.5 Å². The molecule has 96 valence electrons. The molecule has 0 heterocycles. The summed E-state index contributed by atoms with van der Waals surface area (Å²) < 4.78 is 12.9. The van der Waals surface area contributed by atoms with Crippen LogP contribution in [-0.4, -0.2) is 17.2 Å². The number of carbonyl (C=O) groups is 1. The van der Waals surface area contributed by atoms with Crippen molar-refractivity contribution < 1.29 is 14.3 Å². The van der Waals surface area contributed by atoms with Gasteiger partial charge in [0, 0.05) is 11.1 Å². The maximum Gasteiger partial charge on any atom is 0.271 e. The van der Waals surface area contributed by atoms with Crippen molar-refractivity contribution in [3.05, 3.63) is 65.5 Å². The number of aromatic hydroxyl groups is 1. The normalized spacial score (nSPS) is 10.6. The summed E-state index contributed by atoms with van der Waals surface area (Å²) in [6.45, 7) is 0. The van der Waals surface area contributed by atoms with E-state index in [0.29, 0.717) is 5.56 Å². The van der Waals surface area contributed by atoms with Gasteiger partial charge in [-0.05, 0) is 30.3 Å². The Balaban J connectivity index is 2.03. The van der Waals surface area contributed by atoms with Crippen molar-refractivity contribution in [3.8, 4) is 5.75 Å². The Morgan fingerprint density at radius 2 is 2.00 bits per heavy atom. The first-order chi connectivity index (χ1) is 9.16. The van der Waals surface area contributed by atoms with Crippen LogP contribution in [0.4, 0.5) is 4.39 Å². The van der Waals surface area contributed by atoms with Crippen LogP contribution < -0.4 is 5.43 Å². The van der Waals surface area contributed by atoms with Crippen LogP contribution in [0, 0.1) is 5.82 Å². The lowest BCUT2D eigenvalue weighted by Crippen LogP contribution is -2.17. The number of rotatable bonds is 3. The Labute approximate surface area is 109 Å². The molecule has 4 nitrogen and oxygen atoms in total. The summed E-state index contributed by atoms with van der Waals surface area (Å²) in [6.07, 6.45) is 1.31. The highest BCUT2D eigenvalue weighted by atomic mass is 19.1. The van der Waals surface area contributed by atoms with E-state index in [1.54, 1.807) is 18.2 Å². The molecular weight excluding hydrogens is 247 g/mol. The minimum Gasteiger partial charge on any atom is -0.507 e. The van der Waals surface area contributed by atoms with E-state index in [9.17, 15) is 14.3 Å². The average molecular weight is 258 g/mol. The fraction of sp³-hybridized carbons (Fsp3) is 0. The molecule has 5 heteroatoms. The number of para-hydroxylation sites is 1. The van der Waals surface area contributed by atoms with Crippen LogP contribution in [0.5, 0.6) is 5.75 Å². The maximum atomic E-state index is 12.9. The standard InChI is InChI=1S/C14H11FN2O2/c15-12-6-3-5-10(8-12)14(19)17-16-9-11-4-1-2-7-13(11)18/h1-9,18H,(H,17,19). The summed E-state index contributed by atoms with van der Waals surface area (Å²) in [5, 5.41) is 13.2. The van der Waals surface area contributed by atoms with Crippen LogP contribution in [-0.2, 0) is 0 Å². The van der Waals surface area contributed by atoms with Gasteiger partial charge in [-0.3, -0.25) is 4.79 Å². The Bertz CT molecular complexity index is 626. The highest BCUT2D eigenvalue weighted by Gasteiger charge is 2.04. The van der Waals surface area contributed by atoms with Gasteiger partial charge in [0.05, 0.1) is 6.21 Å². The number of phenolic OH excluding ortho intramolecular Hbond substituents is 1. The summed E-state index contributed by atoms with van der Waals surface area (Å²) >= 11 is 0. The second kappa shape index (κ2) is 5.77. The molecule has 0 aliphatic rings. The molecule has 0 aliphatic carbocycles. The molecule has 0 aromatic heterocycles. The molecule has 19 heavy (non-hydrogen) atoms. The van der Waals surface area contributed by atoms with E-state index in [1.165, 1.54) is 30.5 Å². The SMILES string of the molecule is O=C(NN=Cc1ccccc1O)c1cccc(F)c1. The summed E-state index contributed by atoms with van der Waals surface area (Å²) in [4.78, 5) is 11.6. The fourth-order valence-electron chi connectivity index (χ4n) is 1.45. The second-order valence-electron chi connectivity index (χ2n) is 3.77. The molecule has 0 radical (unpaired) electrons. The molecule has 0 atom stereocenters. The zero-order valence-electron chi connectivity index (χ0n) is 9.88. The van der Waals surface area contributed by atoms with Gasteiger partial charge in [-0.25, -0.2) is 9.82 Å². The first kappa shape index (κ1) is 12.8. The van der Waals surface area contributed by atoms with Crippen molar-refractivity contribution >= 4 is 12.1 Å². The lowest BCUT2D eigenvalue weighted by molar-refractivity contribution is 0.0954. The van der Waals surface area contributed by atoms with Gasteiger partial charge in [0.1, 0.15) is 11.6 Å². The van der Waals surface area contributed by atoms with Crippen LogP contribution in [0.1, 0.15) is 15.9 Å². The van der Waals surface area contributed by atoms with Crippen molar-refractivity contribution in [1.82, 2.24) is 5.43 Å². The van der Waals surface area contributed by atoms with Crippen LogP contribution in [0.15, 0.2) is 53.6 Å². The maximum absolute atomic E-state index is 12.9. The average Bonchev–Trinajstić information content (AvgIpc) is 2.41. The molecule has 0 fully saturated rings. The van der Waals surface area contributed by atoms with Crippen molar-refractivity contribution in [2.75, 3.05) is 0 Å². The van der Waals surface area contributed by atoms with Crippen LogP contribution >= 0.6 is 0 Å². The summed E-state index contributed by atoms with van der Waals surface area (Å²) in [6, 6.07) is 11.9. The van der Waals surface area contributed by atoms with Gasteiger partial charge in [0.25, 0.3) is 5.91 Å². The molecule has 2 aromatic carbocycles. The third-order valence-corrected chi connectivity index (χ3v) is 2.39. The quantitative estimate of drug-likeness (QED) is 0.655. The number of nitrogens with zero attached hydrogens (tertiary/aromatic N) is 1. The third-order valence-electron chi connectivity index (χ3n) is 2.39. The summed E-state index contributed by atoms with van der Waals surface area (Å²) in [5.74, 6) is -0.949. The van der Waals surface area contributed by atoms with Gasteiger partial charge in [-0.2, -0.15) is 5.10 Å². The Kier molecular flexibility index (Phi) is 3.87. The van der Waals surface area contributed by atoms with E-state index >= 15 is 0 Å². The summed E-state index contributed by atoms with van der Waals surface area (Å²) in [5.41, 5.74) is 2.90. The lowest BCUT2D eigenvalue weighted by Gasteiger charge is -2.00. The Morgan fingerprint density at radius 3 is 2.74 bits per heavy atom. The van der Waals surface area contributed by atoms with Gasteiger partial charge in [0.2, 0.25) is 0 Å². The van der Waals surface area contributed by atoms with E-state index in [-0.39, 0.29) is 11.3 Å². The molecule has 2 N–H and O–H groups in total. The predicted molar refractivity (Wildman–Crippen MR) is 69.6 cm³/mol. The van der Waals surface area contributed by atoms with Crippen molar-refractivity contribution in [2.24, 2.45) is 5.10 Å². The molecule has 0 bridgehead atoms. The predicted octanol–water partition coefficient (Wildman–Crippen LogP) is 2.30. The first-order valence-electron chi connectivity index (χ1n) is 5.54. The summed E-state index contributed by atoms with van der Waals surface area (Å²) in [7, 11) is 0. The number of carbonyl (C=O) groups excluding carboxylic acids is 1. The number of hydrazone groups is 1. The molecule has 0 saturated carbocycles. The molecule has 0 spiro atoms. The highest BCUT2D eigenvalue weighted by Crippen LogP contribution is 2.12. The van der Waals surface area contributed by atoms with Gasteiger partial charge in [-0.1, -0.05) is 18.2 Å². The van der Waals surface area contributed by atoms with E-state index < -0.39 is 11.7 Å². The molecule has 0 unspecified atom stereocenters. The van der Waals surface area contributed by atoms with Crippen molar-refractivity contribution in [1.29, 1.82) is 0 Å². The van der Waals surface area contributed by atoms with Gasteiger partial charge in [-0.15, -0.1) is 0 Å². The van der Waals surface area contributed by atoms with Crippen molar-refractivity contribution in [3.63, 3.8) is 0 Å². The topological polar surface area (TPSA) is 61.7 Å². The van der Waals surface area contributed by atoms with Crippen LogP contribution in [0.3, 0.4) is 0 Å². The van der Waals surface area contributed by atoms with Gasteiger partial charge >= 0.3 is 0 Å². The molecular formula is C14H11FN2O2. The molecule has 2 aromatic rings. The smallest absolute Gasteiger partial charge is 0.271 e. The minimum absolute atomic E-state index is 0.0613. The fourth-order valence-corrected chi connectivity index (χ4v) is 1.45. The van der Waals surface area contributed by atoms with Crippen molar-refractivity contribution in [2.45, 2.75) is 0 Å². The van der Waals surface area contributed by atoms with Crippen LogP contribution in [0.25, 0.3) is 0 Å². The zero-order valence-corrected chi connectivity index (χ0v) is 9.88.